The van der Waals surface area contributed by atoms with Crippen molar-refractivity contribution in [3.05, 3.63) is 65.2 Å². The van der Waals surface area contributed by atoms with Crippen molar-refractivity contribution in [2.75, 3.05) is 11.9 Å². The minimum absolute atomic E-state index is 0.257. The molecule has 3 amide bonds. The molecule has 5 rings (SSSR count). The van der Waals surface area contributed by atoms with E-state index in [0.29, 0.717) is 36.5 Å². The van der Waals surface area contributed by atoms with Crippen molar-refractivity contribution in [2.45, 2.75) is 56.5 Å². The predicted molar refractivity (Wildman–Crippen MR) is 134 cm³/mol. The molecule has 2 bridgehead atoms. The van der Waals surface area contributed by atoms with Crippen LogP contribution in [0.25, 0.3) is 0 Å². The van der Waals surface area contributed by atoms with E-state index in [0.717, 1.165) is 5.56 Å². The molecule has 6 atom stereocenters. The number of para-hydroxylation sites is 1. The van der Waals surface area contributed by atoms with Gasteiger partial charge in [-0.3, -0.25) is 14.4 Å². The number of carbonyl (C=O) groups is 3. The summed E-state index contributed by atoms with van der Waals surface area (Å²) in [4.78, 5) is 42.5. The average molecular weight is 512 g/mol. The van der Waals surface area contributed by atoms with E-state index in [1.54, 1.807) is 24.3 Å². The van der Waals surface area contributed by atoms with E-state index in [9.17, 15) is 19.5 Å². The molecule has 190 valence electrons. The number of nitrogens with zero attached hydrogens (tertiary/aromatic N) is 1. The lowest BCUT2D eigenvalue weighted by molar-refractivity contribution is -0.144. The number of carbonyl (C=O) groups excluding carboxylic acids is 3. The summed E-state index contributed by atoms with van der Waals surface area (Å²) in [6.45, 7) is 1.89. The molecule has 3 aliphatic heterocycles. The number of hydrogen-bond acceptors (Lipinski definition) is 5. The molecule has 0 radical (unpaired) electrons. The lowest BCUT2D eigenvalue weighted by atomic mass is 9.70. The summed E-state index contributed by atoms with van der Waals surface area (Å²) in [6.07, 6.45) is 1.07. The van der Waals surface area contributed by atoms with Gasteiger partial charge in [0, 0.05) is 6.54 Å². The summed E-state index contributed by atoms with van der Waals surface area (Å²) in [5, 5.41) is 16.3. The van der Waals surface area contributed by atoms with Crippen molar-refractivity contribution in [1.29, 1.82) is 0 Å². The third-order valence-corrected chi connectivity index (χ3v) is 8.14. The van der Waals surface area contributed by atoms with Gasteiger partial charge in [-0.2, -0.15) is 0 Å². The third-order valence-electron chi connectivity index (χ3n) is 7.81. The molecule has 1 spiro atoms. The molecule has 3 heterocycles. The van der Waals surface area contributed by atoms with E-state index in [1.807, 2.05) is 37.3 Å². The maximum absolute atomic E-state index is 13.9. The number of ether oxygens (including phenoxy) is 1. The number of fused-ring (bicyclic) bond motifs is 1. The SMILES string of the molecule is CC[C@@H](CO)N1C(=O)[C@@H]2[C@@H](C(=O)NCc3ccccc3)[C@H]3CCC2(O3)C1C(=O)Nc1ccccc1Cl. The molecule has 2 unspecified atom stereocenters. The number of amides is 3. The van der Waals surface area contributed by atoms with Crippen molar-refractivity contribution >= 4 is 35.0 Å². The average Bonchev–Trinajstić information content (AvgIpc) is 3.53. The monoisotopic (exact) mass is 511 g/mol. The number of halogens is 1. The van der Waals surface area contributed by atoms with E-state index in [4.69, 9.17) is 16.3 Å². The largest absolute Gasteiger partial charge is 0.394 e. The van der Waals surface area contributed by atoms with Gasteiger partial charge in [0.2, 0.25) is 17.7 Å². The van der Waals surface area contributed by atoms with Crippen molar-refractivity contribution in [3.63, 3.8) is 0 Å². The van der Waals surface area contributed by atoms with Gasteiger partial charge in [-0.05, 0) is 37.0 Å². The molecular weight excluding hydrogens is 482 g/mol. The summed E-state index contributed by atoms with van der Waals surface area (Å²) in [5.74, 6) is -2.51. The Morgan fingerprint density at radius 1 is 1.17 bits per heavy atom. The van der Waals surface area contributed by atoms with Gasteiger partial charge in [0.15, 0.2) is 0 Å². The van der Waals surface area contributed by atoms with E-state index >= 15 is 0 Å². The number of benzene rings is 2. The zero-order valence-electron chi connectivity index (χ0n) is 20.0. The van der Waals surface area contributed by atoms with Crippen LogP contribution in [-0.4, -0.2) is 58.1 Å². The Hall–Kier alpha value is -2.94. The predicted octanol–water partition coefficient (Wildman–Crippen LogP) is 2.74. The molecule has 8 nitrogen and oxygen atoms in total. The number of nitrogens with one attached hydrogen (secondary N) is 2. The standard InChI is InChI=1S/C27H30ClN3O5/c1-2-17(15-32)31-23(25(34)30-19-11-7-6-10-18(19)28)27-13-12-20(36-27)21(22(27)26(31)35)24(33)29-14-16-8-4-3-5-9-16/h3-11,17,20-23,32H,2,12-15H2,1H3,(H,29,33)(H,30,34)/t17-,20+,21-,22-,23?,27?/m0/s1. The van der Waals surface area contributed by atoms with E-state index < -0.39 is 41.5 Å². The maximum atomic E-state index is 13.9. The highest BCUT2D eigenvalue weighted by atomic mass is 35.5. The van der Waals surface area contributed by atoms with Crippen LogP contribution in [0.2, 0.25) is 5.02 Å². The van der Waals surface area contributed by atoms with Crippen LogP contribution in [0.15, 0.2) is 54.6 Å². The van der Waals surface area contributed by atoms with E-state index in [2.05, 4.69) is 10.6 Å². The highest BCUT2D eigenvalue weighted by Crippen LogP contribution is 2.59. The van der Waals surface area contributed by atoms with Crippen LogP contribution in [0.5, 0.6) is 0 Å². The number of rotatable bonds is 8. The van der Waals surface area contributed by atoms with Crippen LogP contribution >= 0.6 is 11.6 Å². The lowest BCUT2D eigenvalue weighted by Gasteiger charge is -2.36. The molecule has 3 aliphatic rings. The first-order valence-electron chi connectivity index (χ1n) is 12.4. The summed E-state index contributed by atoms with van der Waals surface area (Å²) in [5.41, 5.74) is 0.246. The van der Waals surface area contributed by atoms with Crippen LogP contribution in [0.4, 0.5) is 5.69 Å². The molecular formula is C27H30ClN3O5. The first-order chi connectivity index (χ1) is 17.4. The molecule has 9 heteroatoms. The first kappa shape index (κ1) is 24.7. The van der Waals surface area contributed by atoms with Gasteiger partial charge in [-0.25, -0.2) is 0 Å². The zero-order chi connectivity index (χ0) is 25.4. The topological polar surface area (TPSA) is 108 Å². The molecule has 0 aromatic heterocycles. The summed E-state index contributed by atoms with van der Waals surface area (Å²) in [6, 6.07) is 14.9. The van der Waals surface area contributed by atoms with Crippen LogP contribution in [0.3, 0.4) is 0 Å². The fourth-order valence-electron chi connectivity index (χ4n) is 6.16. The van der Waals surface area contributed by atoms with Gasteiger partial charge in [0.05, 0.1) is 41.3 Å². The van der Waals surface area contributed by atoms with Crippen LogP contribution in [0.1, 0.15) is 31.7 Å². The lowest BCUT2D eigenvalue weighted by Crippen LogP contribution is -2.56. The molecule has 0 saturated carbocycles. The minimum Gasteiger partial charge on any atom is -0.394 e. The maximum Gasteiger partial charge on any atom is 0.250 e. The van der Waals surface area contributed by atoms with E-state index in [-0.39, 0.29) is 18.4 Å². The van der Waals surface area contributed by atoms with Gasteiger partial charge in [-0.15, -0.1) is 0 Å². The van der Waals surface area contributed by atoms with Gasteiger partial charge < -0.3 is 25.4 Å². The highest BCUT2D eigenvalue weighted by Gasteiger charge is 2.75. The molecule has 3 fully saturated rings. The van der Waals surface area contributed by atoms with E-state index in [1.165, 1.54) is 4.90 Å². The fraction of sp³-hybridized carbons (Fsp3) is 0.444. The molecule has 3 saturated heterocycles. The highest BCUT2D eigenvalue weighted by molar-refractivity contribution is 6.33. The zero-order valence-corrected chi connectivity index (χ0v) is 20.8. The summed E-state index contributed by atoms with van der Waals surface area (Å²) in [7, 11) is 0. The fourth-order valence-corrected chi connectivity index (χ4v) is 6.35. The van der Waals surface area contributed by atoms with Crippen molar-refractivity contribution in [3.8, 4) is 0 Å². The number of hydrogen-bond donors (Lipinski definition) is 3. The second-order valence-electron chi connectivity index (χ2n) is 9.72. The quantitative estimate of drug-likeness (QED) is 0.505. The van der Waals surface area contributed by atoms with Crippen LogP contribution in [-0.2, 0) is 25.7 Å². The Morgan fingerprint density at radius 2 is 1.89 bits per heavy atom. The molecule has 2 aromatic carbocycles. The van der Waals surface area contributed by atoms with Crippen molar-refractivity contribution < 1.29 is 24.2 Å². The smallest absolute Gasteiger partial charge is 0.250 e. The second kappa shape index (κ2) is 9.84. The summed E-state index contributed by atoms with van der Waals surface area (Å²) >= 11 is 6.28. The Kier molecular flexibility index (Phi) is 6.76. The van der Waals surface area contributed by atoms with Crippen molar-refractivity contribution in [2.24, 2.45) is 11.8 Å². The number of likely N-dealkylation sites (tertiary alicyclic amines) is 1. The van der Waals surface area contributed by atoms with Crippen molar-refractivity contribution in [1.82, 2.24) is 10.2 Å². The second-order valence-corrected chi connectivity index (χ2v) is 10.1. The molecule has 0 aliphatic carbocycles. The Labute approximate surface area is 215 Å². The van der Waals surface area contributed by atoms with Gasteiger partial charge >= 0.3 is 0 Å². The normalized spacial score (nSPS) is 29.2. The Morgan fingerprint density at radius 3 is 2.58 bits per heavy atom. The minimum atomic E-state index is -1.13. The molecule has 2 aromatic rings. The Bertz CT molecular complexity index is 1160. The first-order valence-corrected chi connectivity index (χ1v) is 12.8. The Balaban J connectivity index is 1.46. The van der Waals surface area contributed by atoms with Crippen LogP contribution in [0, 0.1) is 11.8 Å². The van der Waals surface area contributed by atoms with Gasteiger partial charge in [-0.1, -0.05) is 61.0 Å². The molecule has 3 N–H and O–H groups in total. The number of anilines is 1. The number of aliphatic hydroxyl groups is 1. The third kappa shape index (κ3) is 3.97. The van der Waals surface area contributed by atoms with Gasteiger partial charge in [0.25, 0.3) is 0 Å². The van der Waals surface area contributed by atoms with Crippen LogP contribution < -0.4 is 10.6 Å². The van der Waals surface area contributed by atoms with Gasteiger partial charge in [0.1, 0.15) is 11.6 Å². The number of aliphatic hydroxyl groups excluding tert-OH is 1. The molecule has 36 heavy (non-hydrogen) atoms. The summed E-state index contributed by atoms with van der Waals surface area (Å²) < 4.78 is 6.41.